The lowest BCUT2D eigenvalue weighted by Crippen LogP contribution is -2.06. The van der Waals surface area contributed by atoms with Gasteiger partial charge in [0, 0.05) is 27.1 Å². The van der Waals surface area contributed by atoms with Gasteiger partial charge in [0.1, 0.15) is 0 Å². The first-order valence-electron chi connectivity index (χ1n) is 24.0. The van der Waals surface area contributed by atoms with E-state index in [0.29, 0.717) is 50.3 Å². The van der Waals surface area contributed by atoms with Crippen LogP contribution in [-0.4, -0.2) is 9.13 Å². The van der Waals surface area contributed by atoms with Crippen LogP contribution in [-0.2, 0) is 0 Å². The van der Waals surface area contributed by atoms with Crippen LogP contribution in [0, 0.1) is 79.3 Å². The molecule has 0 aliphatic carbocycles. The van der Waals surface area contributed by atoms with Gasteiger partial charge >= 0.3 is 0 Å². The maximum Gasteiger partial charge on any atom is 0.0993 e. The van der Waals surface area contributed by atoms with Gasteiger partial charge in [-0.3, -0.25) is 0 Å². The predicted molar refractivity (Wildman–Crippen MR) is 295 cm³/mol. The summed E-state index contributed by atoms with van der Waals surface area (Å²) in [5.74, 6) is 0. The van der Waals surface area contributed by atoms with Crippen molar-refractivity contribution in [3.05, 3.63) is 239 Å². The van der Waals surface area contributed by atoms with Crippen LogP contribution >= 0.6 is 0 Å². The lowest BCUT2D eigenvalue weighted by atomic mass is 9.95. The predicted octanol–water partition coefficient (Wildman–Crippen LogP) is 15.3. The van der Waals surface area contributed by atoms with Crippen molar-refractivity contribution in [2.45, 2.75) is 0 Å². The average molecular weight is 964 g/mol. The Hall–Kier alpha value is -11.8. The third-order valence-corrected chi connectivity index (χ3v) is 14.0. The van der Waals surface area contributed by atoms with E-state index in [1.54, 1.807) is 42.5 Å². The number of aromatic nitrogens is 2. The Balaban J connectivity index is 1.27. The molecule has 0 aliphatic rings. The van der Waals surface area contributed by atoms with Crippen LogP contribution < -0.4 is 0 Å². The summed E-state index contributed by atoms with van der Waals surface area (Å²) in [6, 6.07) is 79.4. The van der Waals surface area contributed by atoms with Crippen LogP contribution in [0.25, 0.3) is 111 Å². The van der Waals surface area contributed by atoms with Gasteiger partial charge < -0.3 is 9.13 Å². The Morgan fingerprint density at radius 3 is 0.750 bits per heavy atom. The minimum Gasteiger partial charge on any atom is -0.308 e. The van der Waals surface area contributed by atoms with E-state index in [4.69, 9.17) is 0 Å². The first-order valence-corrected chi connectivity index (χ1v) is 24.0. The molecule has 0 saturated heterocycles. The van der Waals surface area contributed by atoms with Crippen LogP contribution in [0.4, 0.5) is 0 Å². The summed E-state index contributed by atoms with van der Waals surface area (Å²) in [5.41, 5.74) is 15.0. The van der Waals surface area contributed by atoms with Crippen molar-refractivity contribution in [3.63, 3.8) is 0 Å². The largest absolute Gasteiger partial charge is 0.308 e. The molecular weight excluding hydrogens is 931 g/mol. The van der Waals surface area contributed by atoms with Crippen molar-refractivity contribution in [2.75, 3.05) is 0 Å². The molecule has 0 fully saturated rings. The standard InChI is InChI=1S/C67H33N9/c68-34-41-5-1-9-48(22-41)52-13-17-57-58-18-14-53(49-10-2-6-42(23-49)35-69)31-62(58)75(61(57)30-52)65-28-47(40-74)29-66(67(65)56-26-45(38-72)21-46(27-56)39-73)76-63-32-54(50-11-3-7-43(24-50)36-70)15-19-59(63)60-20-16-55(33-64(60)76)51-12-4-8-44(25-51)37-71/h1-33H. The molecule has 0 radical (unpaired) electrons. The highest BCUT2D eigenvalue weighted by Crippen LogP contribution is 2.46. The summed E-state index contributed by atoms with van der Waals surface area (Å²) in [6.07, 6.45) is 0. The maximum atomic E-state index is 11.3. The Morgan fingerprint density at radius 1 is 0.224 bits per heavy atom. The second-order valence-corrected chi connectivity index (χ2v) is 18.4. The first-order chi connectivity index (χ1) is 37.3. The zero-order valence-corrected chi connectivity index (χ0v) is 40.1. The summed E-state index contributed by atoms with van der Waals surface area (Å²) in [6.45, 7) is 0. The molecule has 346 valence electrons. The van der Waals surface area contributed by atoms with E-state index >= 15 is 0 Å². The van der Waals surface area contributed by atoms with Gasteiger partial charge in [-0.25, -0.2) is 0 Å². The quantitative estimate of drug-likeness (QED) is 0.153. The van der Waals surface area contributed by atoms with E-state index in [9.17, 15) is 36.8 Å². The van der Waals surface area contributed by atoms with Gasteiger partial charge in [-0.2, -0.15) is 36.8 Å². The molecule has 0 aliphatic heterocycles. The Labute approximate surface area is 436 Å². The van der Waals surface area contributed by atoms with Gasteiger partial charge in [-0.1, -0.05) is 97.1 Å². The molecule has 0 saturated carbocycles. The molecule has 0 spiro atoms. The molecule has 2 aromatic heterocycles. The molecule has 9 nitrogen and oxygen atoms in total. The number of nitrogens with zero attached hydrogens (tertiary/aromatic N) is 9. The normalized spacial score (nSPS) is 10.8. The van der Waals surface area contributed by atoms with E-state index in [-0.39, 0.29) is 11.1 Å². The third-order valence-electron chi connectivity index (χ3n) is 14.0. The Kier molecular flexibility index (Phi) is 11.0. The molecule has 0 N–H and O–H groups in total. The molecule has 10 aromatic carbocycles. The van der Waals surface area contributed by atoms with Gasteiger partial charge in [0.05, 0.1) is 115 Å². The number of rotatable bonds is 7. The van der Waals surface area contributed by atoms with Crippen LogP contribution in [0.3, 0.4) is 0 Å². The van der Waals surface area contributed by atoms with Gasteiger partial charge in [-0.15, -0.1) is 0 Å². The maximum absolute atomic E-state index is 11.3. The summed E-state index contributed by atoms with van der Waals surface area (Å²) in [5, 5.41) is 75.8. The van der Waals surface area contributed by atoms with E-state index in [2.05, 4.69) is 100 Å². The summed E-state index contributed by atoms with van der Waals surface area (Å²) in [7, 11) is 0. The summed E-state index contributed by atoms with van der Waals surface area (Å²) >= 11 is 0. The zero-order valence-electron chi connectivity index (χ0n) is 40.1. The van der Waals surface area contributed by atoms with Gasteiger partial charge in [-0.05, 0) is 153 Å². The van der Waals surface area contributed by atoms with E-state index < -0.39 is 0 Å². The fraction of sp³-hybridized carbons (Fsp3) is 0. The van der Waals surface area contributed by atoms with Crippen molar-refractivity contribution in [2.24, 2.45) is 0 Å². The summed E-state index contributed by atoms with van der Waals surface area (Å²) < 4.78 is 4.27. The molecule has 0 amide bonds. The fourth-order valence-electron chi connectivity index (χ4n) is 10.6. The minimum atomic E-state index is 0.262. The van der Waals surface area contributed by atoms with Crippen LogP contribution in [0.1, 0.15) is 38.9 Å². The molecule has 12 aromatic rings. The molecule has 12 rings (SSSR count). The van der Waals surface area contributed by atoms with E-state index in [0.717, 1.165) is 88.1 Å². The van der Waals surface area contributed by atoms with Crippen molar-refractivity contribution in [1.82, 2.24) is 9.13 Å². The molecular formula is C67H33N9. The second-order valence-electron chi connectivity index (χ2n) is 18.4. The molecule has 76 heavy (non-hydrogen) atoms. The average Bonchev–Trinajstić information content (AvgIpc) is 4.07. The van der Waals surface area contributed by atoms with Crippen molar-refractivity contribution in [1.29, 1.82) is 36.8 Å². The Bertz CT molecular complexity index is 4290. The molecule has 2 heterocycles. The zero-order chi connectivity index (χ0) is 52.0. The lowest BCUT2D eigenvalue weighted by Gasteiger charge is -2.22. The highest BCUT2D eigenvalue weighted by atomic mass is 15.0. The lowest BCUT2D eigenvalue weighted by molar-refractivity contribution is 1.13. The number of fused-ring (bicyclic) bond motifs is 6. The number of benzene rings is 10. The van der Waals surface area contributed by atoms with Crippen LogP contribution in [0.2, 0.25) is 0 Å². The molecule has 0 unspecified atom stereocenters. The first kappa shape index (κ1) is 45.4. The van der Waals surface area contributed by atoms with Crippen molar-refractivity contribution < 1.29 is 0 Å². The van der Waals surface area contributed by atoms with Crippen molar-refractivity contribution in [3.8, 4) is 109 Å². The monoisotopic (exact) mass is 963 g/mol. The van der Waals surface area contributed by atoms with E-state index in [1.165, 1.54) is 0 Å². The number of hydrogen-bond acceptors (Lipinski definition) is 7. The fourth-order valence-corrected chi connectivity index (χ4v) is 10.6. The highest BCUT2D eigenvalue weighted by Gasteiger charge is 2.25. The minimum absolute atomic E-state index is 0.262. The van der Waals surface area contributed by atoms with Crippen LogP contribution in [0.5, 0.6) is 0 Å². The molecule has 9 heteroatoms. The summed E-state index contributed by atoms with van der Waals surface area (Å²) in [4.78, 5) is 0. The van der Waals surface area contributed by atoms with E-state index in [1.807, 2.05) is 109 Å². The van der Waals surface area contributed by atoms with Gasteiger partial charge in [0.15, 0.2) is 0 Å². The molecule has 0 atom stereocenters. The van der Waals surface area contributed by atoms with Crippen LogP contribution in [0.15, 0.2) is 200 Å². The Morgan fingerprint density at radius 2 is 0.474 bits per heavy atom. The SMILES string of the molecule is N#Cc1cccc(-c2ccc3c4ccc(-c5cccc(C#N)c5)cc4n(-c4cc(C#N)cc(-n5c6cc(-c7cccc(C#N)c7)ccc6c6ccc(-c7cccc(C#N)c7)cc65)c4-c4cc(C#N)cc(C#N)c4)c3c2)c1. The van der Waals surface area contributed by atoms with Gasteiger partial charge in [0.2, 0.25) is 0 Å². The third kappa shape index (κ3) is 7.69. The second kappa shape index (κ2) is 18.4. The molecule has 0 bridgehead atoms. The number of hydrogen-bond donors (Lipinski definition) is 0. The van der Waals surface area contributed by atoms with Crippen molar-refractivity contribution >= 4 is 43.6 Å². The highest BCUT2D eigenvalue weighted by molar-refractivity contribution is 6.14. The number of nitriles is 7. The topological polar surface area (TPSA) is 176 Å². The smallest absolute Gasteiger partial charge is 0.0993 e. The van der Waals surface area contributed by atoms with Gasteiger partial charge in [0.25, 0.3) is 0 Å².